The second-order valence-corrected chi connectivity index (χ2v) is 8.88. The highest BCUT2D eigenvalue weighted by Gasteiger charge is 2.20. The number of para-hydroxylation sites is 1. The molecule has 0 bridgehead atoms. The quantitative estimate of drug-likeness (QED) is 0.569. The maximum absolute atomic E-state index is 12.5. The fourth-order valence-electron chi connectivity index (χ4n) is 2.87. The van der Waals surface area contributed by atoms with Crippen LogP contribution < -0.4 is 5.32 Å². The van der Waals surface area contributed by atoms with Gasteiger partial charge in [0, 0.05) is 17.0 Å². The molecule has 0 aliphatic rings. The molecule has 0 aliphatic carbocycles. The van der Waals surface area contributed by atoms with Crippen LogP contribution in [0.4, 0.5) is 11.5 Å². The van der Waals surface area contributed by atoms with Crippen molar-refractivity contribution >= 4 is 43.1 Å². The number of pyridine rings is 1. The van der Waals surface area contributed by atoms with E-state index in [1.165, 1.54) is 0 Å². The van der Waals surface area contributed by atoms with E-state index in [9.17, 15) is 8.42 Å². The summed E-state index contributed by atoms with van der Waals surface area (Å²) in [5.41, 5.74) is 2.40. The molecular formula is C19H18N4O2S. The zero-order valence-corrected chi connectivity index (χ0v) is 15.2. The first kappa shape index (κ1) is 16.5. The van der Waals surface area contributed by atoms with Gasteiger partial charge in [0.15, 0.2) is 15.7 Å². The van der Waals surface area contributed by atoms with E-state index < -0.39 is 15.1 Å². The summed E-state index contributed by atoms with van der Waals surface area (Å²) >= 11 is 0. The Balaban J connectivity index is 1.85. The Labute approximate surface area is 151 Å². The molecule has 0 atom stereocenters. The van der Waals surface area contributed by atoms with Gasteiger partial charge in [-0.3, -0.25) is 10.1 Å². The van der Waals surface area contributed by atoms with Crippen LogP contribution in [0.2, 0.25) is 0 Å². The first-order valence-corrected chi connectivity index (χ1v) is 9.84. The molecule has 7 heteroatoms. The van der Waals surface area contributed by atoms with Gasteiger partial charge in [0.2, 0.25) is 0 Å². The van der Waals surface area contributed by atoms with E-state index in [4.69, 9.17) is 0 Å². The van der Waals surface area contributed by atoms with Crippen molar-refractivity contribution < 1.29 is 8.42 Å². The van der Waals surface area contributed by atoms with E-state index >= 15 is 0 Å². The van der Waals surface area contributed by atoms with Gasteiger partial charge in [-0.25, -0.2) is 8.42 Å². The summed E-state index contributed by atoms with van der Waals surface area (Å²) in [6.45, 7) is 3.36. The standard InChI is InChI=1S/C19H18N4O2S/c1-12(2)26(24,25)13-7-8-16-15(11-13)17(9-10-20-16)21-19-14-5-3-4-6-18(14)22-23-19/h3-12H,1-2H3,(H2,20,21,22,23). The first-order chi connectivity index (χ1) is 12.5. The molecule has 0 unspecified atom stereocenters. The van der Waals surface area contributed by atoms with Crippen molar-refractivity contribution in [2.75, 3.05) is 5.32 Å². The molecule has 26 heavy (non-hydrogen) atoms. The van der Waals surface area contributed by atoms with Gasteiger partial charge in [0.1, 0.15) is 0 Å². The van der Waals surface area contributed by atoms with Gasteiger partial charge in [-0.2, -0.15) is 5.10 Å². The van der Waals surface area contributed by atoms with Crippen LogP contribution in [0.1, 0.15) is 13.8 Å². The van der Waals surface area contributed by atoms with Crippen LogP contribution in [0, 0.1) is 0 Å². The molecule has 0 saturated carbocycles. The summed E-state index contributed by atoms with van der Waals surface area (Å²) in [7, 11) is -3.36. The minimum atomic E-state index is -3.36. The molecule has 0 amide bonds. The fourth-order valence-corrected chi connectivity index (χ4v) is 3.95. The lowest BCUT2D eigenvalue weighted by Gasteiger charge is -2.11. The Morgan fingerprint density at radius 3 is 2.65 bits per heavy atom. The second kappa shape index (κ2) is 6.10. The molecule has 2 N–H and O–H groups in total. The van der Waals surface area contributed by atoms with Gasteiger partial charge >= 0.3 is 0 Å². The molecule has 0 fully saturated rings. The lowest BCUT2D eigenvalue weighted by atomic mass is 10.2. The van der Waals surface area contributed by atoms with Crippen molar-refractivity contribution in [1.82, 2.24) is 15.2 Å². The molecule has 4 aromatic rings. The van der Waals surface area contributed by atoms with Crippen molar-refractivity contribution in [1.29, 1.82) is 0 Å². The Morgan fingerprint density at radius 2 is 1.85 bits per heavy atom. The number of rotatable bonds is 4. The number of nitrogens with one attached hydrogen (secondary N) is 2. The summed E-state index contributed by atoms with van der Waals surface area (Å²) < 4.78 is 25.0. The maximum Gasteiger partial charge on any atom is 0.180 e. The third kappa shape index (κ3) is 2.70. The lowest BCUT2D eigenvalue weighted by Crippen LogP contribution is -2.13. The van der Waals surface area contributed by atoms with Gasteiger partial charge in [0.05, 0.1) is 26.9 Å². The SMILES string of the molecule is CC(C)S(=O)(=O)c1ccc2nccc(Nc3n[nH]c4ccccc34)c2c1. The van der Waals surface area contributed by atoms with Crippen molar-refractivity contribution in [3.05, 3.63) is 54.7 Å². The highest BCUT2D eigenvalue weighted by atomic mass is 32.2. The van der Waals surface area contributed by atoms with E-state index in [-0.39, 0.29) is 0 Å². The number of sulfone groups is 1. The van der Waals surface area contributed by atoms with Gasteiger partial charge in [-0.05, 0) is 50.2 Å². The summed E-state index contributed by atoms with van der Waals surface area (Å²) in [4.78, 5) is 4.63. The van der Waals surface area contributed by atoms with Crippen molar-refractivity contribution in [2.45, 2.75) is 24.0 Å². The first-order valence-electron chi connectivity index (χ1n) is 8.29. The predicted octanol–water partition coefficient (Wildman–Crippen LogP) is 4.04. The third-order valence-corrected chi connectivity index (χ3v) is 6.54. The minimum Gasteiger partial charge on any atom is -0.338 e. The summed E-state index contributed by atoms with van der Waals surface area (Å²) in [5.74, 6) is 0.685. The highest BCUT2D eigenvalue weighted by Crippen LogP contribution is 2.30. The van der Waals surface area contributed by atoms with Crippen LogP contribution in [-0.4, -0.2) is 28.8 Å². The molecule has 4 rings (SSSR count). The monoisotopic (exact) mass is 366 g/mol. The normalized spacial score (nSPS) is 12.1. The number of H-pyrrole nitrogens is 1. The number of fused-ring (bicyclic) bond motifs is 2. The van der Waals surface area contributed by atoms with Crippen LogP contribution in [-0.2, 0) is 9.84 Å². The number of benzene rings is 2. The van der Waals surface area contributed by atoms with Crippen LogP contribution in [0.15, 0.2) is 59.6 Å². The smallest absolute Gasteiger partial charge is 0.180 e. The predicted molar refractivity (Wildman–Crippen MR) is 103 cm³/mol. The number of aromatic nitrogens is 3. The number of aromatic amines is 1. The number of hydrogen-bond acceptors (Lipinski definition) is 5. The Hall–Kier alpha value is -2.93. The molecule has 0 aliphatic heterocycles. The zero-order chi connectivity index (χ0) is 18.3. The number of hydrogen-bond donors (Lipinski definition) is 2. The average molecular weight is 366 g/mol. The molecule has 2 heterocycles. The third-order valence-electron chi connectivity index (χ3n) is 4.39. The molecule has 0 spiro atoms. The van der Waals surface area contributed by atoms with Crippen molar-refractivity contribution in [3.8, 4) is 0 Å². The topological polar surface area (TPSA) is 87.7 Å². The van der Waals surface area contributed by atoms with Gasteiger partial charge in [0.25, 0.3) is 0 Å². The summed E-state index contributed by atoms with van der Waals surface area (Å²) in [6.07, 6.45) is 1.69. The molecule has 132 valence electrons. The molecule has 0 saturated heterocycles. The largest absolute Gasteiger partial charge is 0.338 e. The fraction of sp³-hybridized carbons (Fsp3) is 0.158. The van der Waals surface area contributed by atoms with E-state index in [1.54, 1.807) is 38.2 Å². The highest BCUT2D eigenvalue weighted by molar-refractivity contribution is 7.92. The van der Waals surface area contributed by atoms with Gasteiger partial charge in [-0.15, -0.1) is 0 Å². The Morgan fingerprint density at radius 1 is 1.04 bits per heavy atom. The zero-order valence-electron chi connectivity index (χ0n) is 14.4. The average Bonchev–Trinajstić information content (AvgIpc) is 3.04. The Kier molecular flexibility index (Phi) is 3.88. The number of nitrogens with zero attached hydrogens (tertiary/aromatic N) is 2. The van der Waals surface area contributed by atoms with Gasteiger partial charge < -0.3 is 5.32 Å². The van der Waals surface area contributed by atoms with Crippen LogP contribution in [0.5, 0.6) is 0 Å². The van der Waals surface area contributed by atoms with E-state index in [0.717, 1.165) is 27.5 Å². The second-order valence-electron chi connectivity index (χ2n) is 6.37. The molecule has 2 aromatic carbocycles. The van der Waals surface area contributed by atoms with Crippen LogP contribution in [0.3, 0.4) is 0 Å². The van der Waals surface area contributed by atoms with Crippen LogP contribution in [0.25, 0.3) is 21.8 Å². The summed E-state index contributed by atoms with van der Waals surface area (Å²) in [5, 5.41) is 11.8. The van der Waals surface area contributed by atoms with E-state index in [2.05, 4.69) is 20.5 Å². The molecule has 2 aromatic heterocycles. The van der Waals surface area contributed by atoms with Crippen LogP contribution >= 0.6 is 0 Å². The van der Waals surface area contributed by atoms with Gasteiger partial charge in [-0.1, -0.05) is 12.1 Å². The summed E-state index contributed by atoms with van der Waals surface area (Å²) in [6, 6.07) is 14.6. The maximum atomic E-state index is 12.5. The lowest BCUT2D eigenvalue weighted by molar-refractivity contribution is 0.587. The minimum absolute atomic E-state index is 0.294. The Bertz CT molecular complexity index is 1210. The van der Waals surface area contributed by atoms with Crippen molar-refractivity contribution in [3.63, 3.8) is 0 Å². The van der Waals surface area contributed by atoms with Crippen molar-refractivity contribution in [2.24, 2.45) is 0 Å². The van der Waals surface area contributed by atoms with E-state index in [1.807, 2.05) is 30.3 Å². The number of anilines is 2. The van der Waals surface area contributed by atoms with E-state index in [0.29, 0.717) is 10.7 Å². The molecule has 0 radical (unpaired) electrons. The molecular weight excluding hydrogens is 348 g/mol. The molecule has 6 nitrogen and oxygen atoms in total.